The Kier molecular flexibility index (Phi) is 7.94. The number of sulfonamides is 1. The van der Waals surface area contributed by atoms with Gasteiger partial charge in [-0.15, -0.1) is 0 Å². The van der Waals surface area contributed by atoms with E-state index in [0.717, 1.165) is 24.1 Å². The average Bonchev–Trinajstić information content (AvgIpc) is 3.25. The highest BCUT2D eigenvalue weighted by molar-refractivity contribution is 7.89. The fourth-order valence-electron chi connectivity index (χ4n) is 4.42. The predicted octanol–water partition coefficient (Wildman–Crippen LogP) is 4.37. The van der Waals surface area contributed by atoms with Crippen molar-refractivity contribution in [3.05, 3.63) is 77.1 Å². The SMILES string of the molecule is Cc1c(S(=O)(=O)NC(CCc2ccccc2Cl)C(=O)N2CCC(C)CC2)cnn1-c1ccccc1. The van der Waals surface area contributed by atoms with E-state index in [1.165, 1.54) is 6.20 Å². The van der Waals surface area contributed by atoms with E-state index >= 15 is 0 Å². The number of nitrogens with one attached hydrogen (secondary N) is 1. The Morgan fingerprint density at radius 2 is 1.77 bits per heavy atom. The lowest BCUT2D eigenvalue weighted by Gasteiger charge is -2.33. The summed E-state index contributed by atoms with van der Waals surface area (Å²) in [6.07, 6.45) is 3.95. The van der Waals surface area contributed by atoms with Gasteiger partial charge in [0.2, 0.25) is 15.9 Å². The molecule has 1 aromatic heterocycles. The van der Waals surface area contributed by atoms with Crippen LogP contribution in [0.25, 0.3) is 5.69 Å². The zero-order chi connectivity index (χ0) is 25.0. The first kappa shape index (κ1) is 25.4. The van der Waals surface area contributed by atoms with Crippen LogP contribution >= 0.6 is 11.6 Å². The van der Waals surface area contributed by atoms with E-state index in [1.54, 1.807) is 22.6 Å². The summed E-state index contributed by atoms with van der Waals surface area (Å²) in [5.74, 6) is 0.365. The summed E-state index contributed by atoms with van der Waals surface area (Å²) in [7, 11) is -4.00. The van der Waals surface area contributed by atoms with Crippen molar-refractivity contribution in [1.29, 1.82) is 0 Å². The minimum atomic E-state index is -4.00. The Balaban J connectivity index is 1.58. The molecule has 3 aromatic rings. The number of amides is 1. The predicted molar refractivity (Wildman–Crippen MR) is 137 cm³/mol. The number of hydrogen-bond acceptors (Lipinski definition) is 4. The molecule has 1 unspecified atom stereocenters. The van der Waals surface area contributed by atoms with Crippen molar-refractivity contribution in [2.24, 2.45) is 5.92 Å². The molecule has 1 aliphatic heterocycles. The van der Waals surface area contributed by atoms with E-state index in [2.05, 4.69) is 16.7 Å². The Hall–Kier alpha value is -2.68. The molecule has 1 N–H and O–H groups in total. The van der Waals surface area contributed by atoms with Gasteiger partial charge < -0.3 is 4.90 Å². The third-order valence-corrected chi connectivity index (χ3v) is 8.55. The van der Waals surface area contributed by atoms with Crippen LogP contribution < -0.4 is 4.72 Å². The first-order valence-electron chi connectivity index (χ1n) is 11.9. The smallest absolute Gasteiger partial charge is 0.244 e. The van der Waals surface area contributed by atoms with E-state index < -0.39 is 16.1 Å². The van der Waals surface area contributed by atoms with Gasteiger partial charge >= 0.3 is 0 Å². The van der Waals surface area contributed by atoms with Gasteiger partial charge in [-0.05, 0) is 62.3 Å². The summed E-state index contributed by atoms with van der Waals surface area (Å²) in [5, 5.41) is 4.90. The minimum absolute atomic E-state index is 0.0594. The summed E-state index contributed by atoms with van der Waals surface area (Å²) in [6.45, 7) is 5.15. The molecule has 0 saturated carbocycles. The number of likely N-dealkylation sites (tertiary alicyclic amines) is 1. The number of aryl methyl sites for hydroxylation is 1. The molecule has 0 radical (unpaired) electrons. The van der Waals surface area contributed by atoms with E-state index in [4.69, 9.17) is 11.6 Å². The molecule has 35 heavy (non-hydrogen) atoms. The zero-order valence-corrected chi connectivity index (χ0v) is 21.6. The van der Waals surface area contributed by atoms with Gasteiger partial charge in [0, 0.05) is 18.1 Å². The van der Waals surface area contributed by atoms with Gasteiger partial charge in [0.15, 0.2) is 0 Å². The fourth-order valence-corrected chi connectivity index (χ4v) is 6.03. The molecule has 4 rings (SSSR count). The number of aromatic nitrogens is 2. The second kappa shape index (κ2) is 10.9. The van der Waals surface area contributed by atoms with Gasteiger partial charge in [0.25, 0.3) is 0 Å². The maximum Gasteiger partial charge on any atom is 0.244 e. The summed E-state index contributed by atoms with van der Waals surface area (Å²) in [6, 6.07) is 15.9. The standard InChI is InChI=1S/C26H31ClN4O3S/c1-19-14-16-30(17-15-19)26(32)24(13-12-21-8-6-7-11-23(21)27)29-35(33,34)25-18-28-31(20(25)2)22-9-4-3-5-10-22/h3-11,18-19,24,29H,12-17H2,1-2H3. The number of benzene rings is 2. The lowest BCUT2D eigenvalue weighted by molar-refractivity contribution is -0.134. The topological polar surface area (TPSA) is 84.3 Å². The molecule has 0 aliphatic carbocycles. The first-order chi connectivity index (χ1) is 16.8. The van der Waals surface area contributed by atoms with Gasteiger partial charge in [-0.25, -0.2) is 13.1 Å². The average molecular weight is 515 g/mol. The number of para-hydroxylation sites is 1. The molecular formula is C26H31ClN4O3S. The Morgan fingerprint density at radius 1 is 1.11 bits per heavy atom. The van der Waals surface area contributed by atoms with Crippen LogP contribution in [0, 0.1) is 12.8 Å². The highest BCUT2D eigenvalue weighted by Gasteiger charge is 2.32. The molecule has 1 fully saturated rings. The van der Waals surface area contributed by atoms with Crippen LogP contribution in [0.15, 0.2) is 65.7 Å². The maximum atomic E-state index is 13.5. The third kappa shape index (κ3) is 5.94. The summed E-state index contributed by atoms with van der Waals surface area (Å²) in [4.78, 5) is 15.3. The van der Waals surface area contributed by atoms with Crippen LogP contribution in [0.3, 0.4) is 0 Å². The molecule has 2 heterocycles. The van der Waals surface area contributed by atoms with Gasteiger partial charge in [-0.3, -0.25) is 4.79 Å². The van der Waals surface area contributed by atoms with Crippen LogP contribution in [-0.2, 0) is 21.2 Å². The lowest BCUT2D eigenvalue weighted by atomic mass is 9.98. The number of halogens is 1. The first-order valence-corrected chi connectivity index (χ1v) is 13.8. The lowest BCUT2D eigenvalue weighted by Crippen LogP contribution is -2.50. The van der Waals surface area contributed by atoms with Crippen molar-refractivity contribution < 1.29 is 13.2 Å². The van der Waals surface area contributed by atoms with Gasteiger partial charge in [-0.1, -0.05) is 54.9 Å². The molecule has 1 atom stereocenters. The highest BCUT2D eigenvalue weighted by Crippen LogP contribution is 2.23. The third-order valence-electron chi connectivity index (χ3n) is 6.61. The Bertz CT molecular complexity index is 1270. The van der Waals surface area contributed by atoms with E-state index in [-0.39, 0.29) is 10.8 Å². The second-order valence-electron chi connectivity index (χ2n) is 9.15. The number of nitrogens with zero attached hydrogens (tertiary/aromatic N) is 3. The molecular weight excluding hydrogens is 484 g/mol. The van der Waals surface area contributed by atoms with Crippen LogP contribution in [0.1, 0.15) is 37.4 Å². The Morgan fingerprint density at radius 3 is 2.46 bits per heavy atom. The minimum Gasteiger partial charge on any atom is -0.341 e. The van der Waals surface area contributed by atoms with E-state index in [9.17, 15) is 13.2 Å². The molecule has 1 amide bonds. The largest absolute Gasteiger partial charge is 0.341 e. The van der Waals surface area contributed by atoms with E-state index in [1.807, 2.05) is 48.5 Å². The van der Waals surface area contributed by atoms with Crippen LogP contribution in [0.2, 0.25) is 5.02 Å². The second-order valence-corrected chi connectivity index (χ2v) is 11.2. The molecule has 1 saturated heterocycles. The Labute approximate surface area is 212 Å². The molecule has 9 heteroatoms. The fraction of sp³-hybridized carbons (Fsp3) is 0.385. The molecule has 2 aromatic carbocycles. The highest BCUT2D eigenvalue weighted by atomic mass is 35.5. The van der Waals surface area contributed by atoms with Crippen LogP contribution in [0.5, 0.6) is 0 Å². The number of rotatable bonds is 8. The normalized spacial score (nSPS) is 15.8. The zero-order valence-electron chi connectivity index (χ0n) is 20.0. The van der Waals surface area contributed by atoms with Gasteiger partial charge in [0.1, 0.15) is 10.9 Å². The molecule has 0 spiro atoms. The van der Waals surface area contributed by atoms with Crippen molar-refractivity contribution in [2.75, 3.05) is 13.1 Å². The number of hydrogen-bond donors (Lipinski definition) is 1. The van der Waals surface area contributed by atoms with Gasteiger partial charge in [0.05, 0.1) is 17.6 Å². The molecule has 1 aliphatic rings. The van der Waals surface area contributed by atoms with Crippen molar-refractivity contribution in [3.63, 3.8) is 0 Å². The number of piperidine rings is 1. The van der Waals surface area contributed by atoms with E-state index in [0.29, 0.717) is 42.6 Å². The molecule has 186 valence electrons. The number of carbonyl (C=O) groups is 1. The van der Waals surface area contributed by atoms with Crippen molar-refractivity contribution in [1.82, 2.24) is 19.4 Å². The van der Waals surface area contributed by atoms with Crippen LogP contribution in [0.4, 0.5) is 0 Å². The maximum absolute atomic E-state index is 13.5. The number of carbonyl (C=O) groups excluding carboxylic acids is 1. The summed E-state index contributed by atoms with van der Waals surface area (Å²) >= 11 is 6.32. The van der Waals surface area contributed by atoms with Crippen molar-refractivity contribution in [2.45, 2.75) is 50.5 Å². The van der Waals surface area contributed by atoms with Gasteiger partial charge in [-0.2, -0.15) is 9.82 Å². The molecule has 7 nitrogen and oxygen atoms in total. The van der Waals surface area contributed by atoms with Crippen molar-refractivity contribution in [3.8, 4) is 5.69 Å². The molecule has 0 bridgehead atoms. The quantitative estimate of drug-likeness (QED) is 0.483. The van der Waals surface area contributed by atoms with Crippen molar-refractivity contribution >= 4 is 27.5 Å². The summed E-state index contributed by atoms with van der Waals surface area (Å²) in [5.41, 5.74) is 2.12. The summed E-state index contributed by atoms with van der Waals surface area (Å²) < 4.78 is 31.2. The van der Waals surface area contributed by atoms with Crippen LogP contribution in [-0.4, -0.2) is 48.1 Å². The monoisotopic (exact) mass is 514 g/mol.